The third-order valence-corrected chi connectivity index (χ3v) is 9.33. The fourth-order valence-electron chi connectivity index (χ4n) is 7.11. The van der Waals surface area contributed by atoms with Crippen molar-refractivity contribution >= 4 is 54.6 Å². The highest BCUT2D eigenvalue weighted by atomic mass is 16.3. The lowest BCUT2D eigenvalue weighted by molar-refractivity contribution is 0.669. The molecule has 0 spiro atoms. The Kier molecular flexibility index (Phi) is 5.84. The molecule has 10 rings (SSSR count). The molecular formula is C44H26N2O2. The first kappa shape index (κ1) is 26.7. The van der Waals surface area contributed by atoms with Gasteiger partial charge in [-0.25, -0.2) is 9.97 Å². The number of hydrogen-bond acceptors (Lipinski definition) is 4. The summed E-state index contributed by atoms with van der Waals surface area (Å²) in [5.41, 5.74) is 9.84. The summed E-state index contributed by atoms with van der Waals surface area (Å²) in [5, 5.41) is 6.64. The second-order valence-electron chi connectivity index (χ2n) is 12.1. The normalized spacial score (nSPS) is 11.8. The topological polar surface area (TPSA) is 52.1 Å². The Morgan fingerprint density at radius 3 is 1.42 bits per heavy atom. The fraction of sp³-hybridized carbons (Fsp3) is 0. The summed E-state index contributed by atoms with van der Waals surface area (Å²) < 4.78 is 13.0. The maximum Gasteiger partial charge on any atom is 0.161 e. The van der Waals surface area contributed by atoms with E-state index in [0.717, 1.165) is 83.1 Å². The number of hydrogen-bond donors (Lipinski definition) is 0. The summed E-state index contributed by atoms with van der Waals surface area (Å²) in [7, 11) is 0. The van der Waals surface area contributed by atoms with Crippen LogP contribution in [-0.2, 0) is 0 Å². The molecule has 0 unspecified atom stereocenters. The average molecular weight is 615 g/mol. The number of benzene rings is 7. The largest absolute Gasteiger partial charge is 0.455 e. The quantitative estimate of drug-likeness (QED) is 0.198. The van der Waals surface area contributed by atoms with E-state index in [1.165, 1.54) is 10.8 Å². The van der Waals surface area contributed by atoms with Crippen molar-refractivity contribution in [2.45, 2.75) is 0 Å². The molecule has 48 heavy (non-hydrogen) atoms. The number of rotatable bonds is 4. The molecule has 0 saturated carbocycles. The molecular weight excluding hydrogens is 588 g/mol. The Hall–Kier alpha value is -6.52. The van der Waals surface area contributed by atoms with Gasteiger partial charge in [-0.3, -0.25) is 0 Å². The maximum atomic E-state index is 6.50. The van der Waals surface area contributed by atoms with Gasteiger partial charge in [-0.15, -0.1) is 0 Å². The van der Waals surface area contributed by atoms with Crippen LogP contribution in [0.15, 0.2) is 167 Å². The van der Waals surface area contributed by atoms with E-state index in [4.69, 9.17) is 18.8 Å². The number of para-hydroxylation sites is 4. The molecule has 4 nitrogen and oxygen atoms in total. The highest BCUT2D eigenvalue weighted by molar-refractivity contribution is 6.11. The van der Waals surface area contributed by atoms with E-state index >= 15 is 0 Å². The highest BCUT2D eigenvalue weighted by Gasteiger charge is 2.20. The predicted molar refractivity (Wildman–Crippen MR) is 196 cm³/mol. The van der Waals surface area contributed by atoms with Crippen LogP contribution in [-0.4, -0.2) is 9.97 Å². The first-order valence-corrected chi connectivity index (χ1v) is 16.1. The maximum absolute atomic E-state index is 6.50. The van der Waals surface area contributed by atoms with Crippen molar-refractivity contribution in [1.29, 1.82) is 0 Å². The minimum Gasteiger partial charge on any atom is -0.455 e. The van der Waals surface area contributed by atoms with Gasteiger partial charge in [-0.05, 0) is 52.2 Å². The van der Waals surface area contributed by atoms with Crippen LogP contribution < -0.4 is 0 Å². The van der Waals surface area contributed by atoms with Crippen LogP contribution in [0.3, 0.4) is 0 Å². The molecule has 0 atom stereocenters. The number of nitrogens with zero attached hydrogens (tertiary/aromatic N) is 2. The monoisotopic (exact) mass is 614 g/mol. The Labute approximate surface area is 275 Å². The van der Waals surface area contributed by atoms with Gasteiger partial charge >= 0.3 is 0 Å². The van der Waals surface area contributed by atoms with E-state index in [9.17, 15) is 0 Å². The first-order chi connectivity index (χ1) is 23.8. The smallest absolute Gasteiger partial charge is 0.161 e. The number of fused-ring (bicyclic) bond motifs is 7. The van der Waals surface area contributed by atoms with E-state index in [1.807, 2.05) is 36.4 Å². The van der Waals surface area contributed by atoms with Gasteiger partial charge in [0.05, 0.1) is 11.4 Å². The average Bonchev–Trinajstić information content (AvgIpc) is 3.73. The lowest BCUT2D eigenvalue weighted by Gasteiger charge is -2.14. The molecule has 224 valence electrons. The Balaban J connectivity index is 1.27. The summed E-state index contributed by atoms with van der Waals surface area (Å²) in [5.74, 6) is 0.632. The minimum atomic E-state index is 0.632. The molecule has 0 amide bonds. The van der Waals surface area contributed by atoms with E-state index < -0.39 is 0 Å². The van der Waals surface area contributed by atoms with Gasteiger partial charge in [0.15, 0.2) is 5.82 Å². The van der Waals surface area contributed by atoms with Crippen LogP contribution in [0, 0.1) is 0 Å². The predicted octanol–water partition coefficient (Wildman–Crippen LogP) is 12.1. The van der Waals surface area contributed by atoms with Crippen LogP contribution in [0.4, 0.5) is 0 Å². The van der Waals surface area contributed by atoms with Crippen LogP contribution in [0.2, 0.25) is 0 Å². The standard InChI is InChI=1S/C44H26N2O2/c1-2-14-28-27(12-1)13-9-19-29(28)30-15-3-4-18-35(30)44-45-38(36-22-10-20-33-31-16-5-7-24-40(31)47-42(33)36)26-39(46-44)37-23-11-21-34-32-17-6-8-25-41(32)48-43(34)37/h1-26H. The van der Waals surface area contributed by atoms with Crippen molar-refractivity contribution in [3.63, 3.8) is 0 Å². The number of aromatic nitrogens is 2. The lowest BCUT2D eigenvalue weighted by Crippen LogP contribution is -1.98. The van der Waals surface area contributed by atoms with Crippen LogP contribution in [0.1, 0.15) is 0 Å². The fourth-order valence-corrected chi connectivity index (χ4v) is 7.11. The van der Waals surface area contributed by atoms with Crippen molar-refractivity contribution in [3.05, 3.63) is 158 Å². The minimum absolute atomic E-state index is 0.632. The summed E-state index contributed by atoms with van der Waals surface area (Å²) in [4.78, 5) is 10.6. The van der Waals surface area contributed by atoms with Gasteiger partial charge < -0.3 is 8.83 Å². The van der Waals surface area contributed by atoms with E-state index in [2.05, 4.69) is 121 Å². The van der Waals surface area contributed by atoms with Crippen molar-refractivity contribution in [2.24, 2.45) is 0 Å². The molecule has 0 bridgehead atoms. The molecule has 0 saturated heterocycles. The van der Waals surface area contributed by atoms with Gasteiger partial charge in [0, 0.05) is 38.2 Å². The highest BCUT2D eigenvalue weighted by Crippen LogP contribution is 2.41. The third-order valence-electron chi connectivity index (χ3n) is 9.33. The van der Waals surface area contributed by atoms with Crippen LogP contribution in [0.25, 0.3) is 99.7 Å². The first-order valence-electron chi connectivity index (χ1n) is 16.1. The van der Waals surface area contributed by atoms with Crippen molar-refractivity contribution in [1.82, 2.24) is 9.97 Å². The van der Waals surface area contributed by atoms with Crippen molar-refractivity contribution in [2.75, 3.05) is 0 Å². The third kappa shape index (κ3) is 4.10. The molecule has 4 heteroatoms. The number of furan rings is 2. The zero-order valence-corrected chi connectivity index (χ0v) is 25.7. The van der Waals surface area contributed by atoms with Gasteiger partial charge in [0.2, 0.25) is 0 Å². The van der Waals surface area contributed by atoms with Gasteiger partial charge in [-0.1, -0.05) is 127 Å². The van der Waals surface area contributed by atoms with Crippen molar-refractivity contribution in [3.8, 4) is 45.0 Å². The van der Waals surface area contributed by atoms with Gasteiger partial charge in [0.25, 0.3) is 0 Å². The zero-order valence-electron chi connectivity index (χ0n) is 25.7. The van der Waals surface area contributed by atoms with E-state index in [0.29, 0.717) is 5.82 Å². The van der Waals surface area contributed by atoms with Gasteiger partial charge in [-0.2, -0.15) is 0 Å². The molecule has 10 aromatic rings. The molecule has 7 aromatic carbocycles. The van der Waals surface area contributed by atoms with Crippen molar-refractivity contribution < 1.29 is 8.83 Å². The zero-order chi connectivity index (χ0) is 31.6. The Morgan fingerprint density at radius 1 is 0.333 bits per heavy atom. The lowest BCUT2D eigenvalue weighted by atomic mass is 9.94. The molecule has 0 radical (unpaired) electrons. The molecule has 0 N–H and O–H groups in total. The second-order valence-corrected chi connectivity index (χ2v) is 12.1. The summed E-state index contributed by atoms with van der Waals surface area (Å²) >= 11 is 0. The van der Waals surface area contributed by atoms with E-state index in [1.54, 1.807) is 0 Å². The summed E-state index contributed by atoms with van der Waals surface area (Å²) in [6.45, 7) is 0. The molecule has 0 aliphatic heterocycles. The Bertz CT molecular complexity index is 2720. The summed E-state index contributed by atoms with van der Waals surface area (Å²) in [6.07, 6.45) is 0. The molecule has 3 aromatic heterocycles. The molecule has 0 aliphatic rings. The second kappa shape index (κ2) is 10.5. The Morgan fingerprint density at radius 2 is 0.771 bits per heavy atom. The molecule has 3 heterocycles. The SMILES string of the molecule is c1ccc(-c2cccc3ccccc23)c(-c2nc(-c3cccc4c3oc3ccccc34)cc(-c3cccc4c3oc3ccccc34)n2)c1. The molecule has 0 fully saturated rings. The van der Waals surface area contributed by atoms with Crippen LogP contribution >= 0.6 is 0 Å². The van der Waals surface area contributed by atoms with Crippen LogP contribution in [0.5, 0.6) is 0 Å². The van der Waals surface area contributed by atoms with Gasteiger partial charge in [0.1, 0.15) is 22.3 Å². The summed E-state index contributed by atoms with van der Waals surface area (Å²) in [6, 6.07) is 54.3. The van der Waals surface area contributed by atoms with E-state index in [-0.39, 0.29) is 0 Å². The molecule has 0 aliphatic carbocycles.